The van der Waals surface area contributed by atoms with Gasteiger partial charge in [0.05, 0.1) is 0 Å². The zero-order valence-corrected chi connectivity index (χ0v) is 26.4. The molecule has 2 nitrogen and oxygen atoms in total. The molecule has 8 aromatic rings. The van der Waals surface area contributed by atoms with Crippen molar-refractivity contribution in [3.05, 3.63) is 124 Å². The molecule has 1 aromatic heterocycles. The summed E-state index contributed by atoms with van der Waals surface area (Å²) in [4.78, 5) is 5.03. The number of hydrogen-bond acceptors (Lipinski definition) is 2. The molecule has 0 aliphatic rings. The second kappa shape index (κ2) is 9.53. The molecule has 44 heavy (non-hydrogen) atoms. The molecule has 1 heterocycles. The maximum Gasteiger partial charge on any atom is 0.227 e. The molecule has 2 heteroatoms. The van der Waals surface area contributed by atoms with Crippen molar-refractivity contribution in [3.8, 4) is 33.7 Å². The van der Waals surface area contributed by atoms with E-state index in [1.54, 1.807) is 0 Å². The Morgan fingerprint density at radius 1 is 0.455 bits per heavy atom. The van der Waals surface area contributed by atoms with Crippen LogP contribution in [0.1, 0.15) is 38.9 Å². The van der Waals surface area contributed by atoms with Gasteiger partial charge >= 0.3 is 0 Å². The summed E-state index contributed by atoms with van der Waals surface area (Å²) in [7, 11) is 0. The van der Waals surface area contributed by atoms with Crippen LogP contribution in [0.15, 0.2) is 89.3 Å². The quantitative estimate of drug-likeness (QED) is 0.198. The van der Waals surface area contributed by atoms with E-state index in [-0.39, 0.29) is 0 Å². The van der Waals surface area contributed by atoms with Gasteiger partial charge in [-0.05, 0) is 149 Å². The normalized spacial score (nSPS) is 12.0. The van der Waals surface area contributed by atoms with E-state index in [2.05, 4.69) is 133 Å². The first-order chi connectivity index (χ1) is 21.2. The molecule has 0 atom stereocenters. The Morgan fingerprint density at radius 3 is 1.66 bits per heavy atom. The van der Waals surface area contributed by atoms with Crippen molar-refractivity contribution in [1.82, 2.24) is 4.98 Å². The Hall–Kier alpha value is -4.95. The predicted octanol–water partition coefficient (Wildman–Crippen LogP) is 11.9. The average molecular weight is 570 g/mol. The molecule has 0 radical (unpaired) electrons. The van der Waals surface area contributed by atoms with Crippen molar-refractivity contribution in [3.63, 3.8) is 0 Å². The lowest BCUT2D eigenvalue weighted by Gasteiger charge is -2.21. The molecule has 0 amide bonds. The lowest BCUT2D eigenvalue weighted by Crippen LogP contribution is -1.96. The van der Waals surface area contributed by atoms with Gasteiger partial charge in [-0.15, -0.1) is 0 Å². The number of aromatic nitrogens is 1. The highest BCUT2D eigenvalue weighted by Gasteiger charge is 2.22. The smallest absolute Gasteiger partial charge is 0.227 e. The summed E-state index contributed by atoms with van der Waals surface area (Å²) in [5.41, 5.74) is 16.8. The fourth-order valence-electron chi connectivity index (χ4n) is 7.86. The molecule has 0 N–H and O–H groups in total. The molecular formula is C42H35NO. The molecule has 0 saturated carbocycles. The van der Waals surface area contributed by atoms with Gasteiger partial charge in [0.1, 0.15) is 5.52 Å². The maximum atomic E-state index is 6.52. The Kier molecular flexibility index (Phi) is 5.77. The number of nitrogens with zero attached hydrogens (tertiary/aromatic N) is 1. The summed E-state index contributed by atoms with van der Waals surface area (Å²) < 4.78 is 6.52. The van der Waals surface area contributed by atoms with Crippen LogP contribution in [0, 0.1) is 48.5 Å². The van der Waals surface area contributed by atoms with E-state index in [1.807, 2.05) is 0 Å². The van der Waals surface area contributed by atoms with E-state index in [1.165, 1.54) is 88.0 Å². The molecular weight excluding hydrogens is 534 g/mol. The molecule has 214 valence electrons. The van der Waals surface area contributed by atoms with Gasteiger partial charge in [0.25, 0.3) is 0 Å². The van der Waals surface area contributed by atoms with E-state index in [0.717, 1.165) is 22.2 Å². The van der Waals surface area contributed by atoms with Gasteiger partial charge in [-0.25, -0.2) is 4.98 Å². The maximum absolute atomic E-state index is 6.52. The standard InChI is InChI=1S/C42H35NO/c1-22-8-15-36-37(20-22)44-42(43-36)35-21-34(39-27(6)18-24(3)19-28(39)7)32-12-10-29-9-11-30(31-13-14-33(35)41(32)40(29)31)38-25(4)16-23(2)17-26(38)5/h8-21H,1-7H3. The van der Waals surface area contributed by atoms with E-state index >= 15 is 0 Å². The number of benzene rings is 7. The van der Waals surface area contributed by atoms with Gasteiger partial charge in [0.15, 0.2) is 5.58 Å². The third-order valence-corrected chi connectivity index (χ3v) is 9.45. The monoisotopic (exact) mass is 569 g/mol. The zero-order valence-electron chi connectivity index (χ0n) is 26.4. The zero-order chi connectivity index (χ0) is 30.4. The van der Waals surface area contributed by atoms with E-state index in [0.29, 0.717) is 5.89 Å². The van der Waals surface area contributed by atoms with Gasteiger partial charge < -0.3 is 4.42 Å². The highest BCUT2D eigenvalue weighted by atomic mass is 16.3. The van der Waals surface area contributed by atoms with Crippen molar-refractivity contribution in [2.75, 3.05) is 0 Å². The first kappa shape index (κ1) is 26.7. The number of fused-ring (bicyclic) bond motifs is 1. The highest BCUT2D eigenvalue weighted by molar-refractivity contribution is 6.30. The molecule has 8 rings (SSSR count). The SMILES string of the molecule is Cc1cc(C)c(-c2ccc3ccc4c(-c5c(C)cc(C)cc5C)cc(-c5nc6ccc(C)cc6o5)c5ccc2c3c54)c(C)c1. The van der Waals surface area contributed by atoms with Crippen LogP contribution in [0.25, 0.3) is 77.1 Å². The van der Waals surface area contributed by atoms with Crippen LogP contribution >= 0.6 is 0 Å². The number of hydrogen-bond donors (Lipinski definition) is 0. The van der Waals surface area contributed by atoms with Gasteiger partial charge in [0, 0.05) is 5.56 Å². The predicted molar refractivity (Wildman–Crippen MR) is 187 cm³/mol. The first-order valence-electron chi connectivity index (χ1n) is 15.5. The second-order valence-corrected chi connectivity index (χ2v) is 12.9. The molecule has 0 fully saturated rings. The van der Waals surface area contributed by atoms with Crippen molar-refractivity contribution in [2.45, 2.75) is 48.5 Å². The minimum Gasteiger partial charge on any atom is -0.436 e. The number of aryl methyl sites for hydroxylation is 7. The summed E-state index contributed by atoms with van der Waals surface area (Å²) in [6.07, 6.45) is 0. The van der Waals surface area contributed by atoms with Gasteiger partial charge in [0.2, 0.25) is 5.89 Å². The van der Waals surface area contributed by atoms with Crippen LogP contribution in [0.4, 0.5) is 0 Å². The lowest BCUT2D eigenvalue weighted by atomic mass is 9.82. The Balaban J connectivity index is 1.54. The largest absolute Gasteiger partial charge is 0.436 e. The highest BCUT2D eigenvalue weighted by Crippen LogP contribution is 2.47. The Labute approximate surface area is 258 Å². The van der Waals surface area contributed by atoms with E-state index in [4.69, 9.17) is 9.40 Å². The number of oxazole rings is 1. The molecule has 0 saturated heterocycles. The summed E-state index contributed by atoms with van der Waals surface area (Å²) in [5.74, 6) is 0.664. The second-order valence-electron chi connectivity index (χ2n) is 12.9. The van der Waals surface area contributed by atoms with Crippen molar-refractivity contribution in [1.29, 1.82) is 0 Å². The Morgan fingerprint density at radius 2 is 1.00 bits per heavy atom. The van der Waals surface area contributed by atoms with E-state index < -0.39 is 0 Å². The summed E-state index contributed by atoms with van der Waals surface area (Å²) in [6.45, 7) is 15.4. The van der Waals surface area contributed by atoms with Crippen molar-refractivity contribution >= 4 is 43.4 Å². The lowest BCUT2D eigenvalue weighted by molar-refractivity contribution is 0.620. The topological polar surface area (TPSA) is 26.0 Å². The van der Waals surface area contributed by atoms with Crippen LogP contribution in [-0.4, -0.2) is 4.98 Å². The van der Waals surface area contributed by atoms with Crippen LogP contribution in [0.2, 0.25) is 0 Å². The van der Waals surface area contributed by atoms with Gasteiger partial charge in [-0.2, -0.15) is 0 Å². The molecule has 7 aromatic carbocycles. The Bertz CT molecular complexity index is 2410. The third kappa shape index (κ3) is 3.90. The van der Waals surface area contributed by atoms with E-state index in [9.17, 15) is 0 Å². The van der Waals surface area contributed by atoms with Crippen LogP contribution in [0.5, 0.6) is 0 Å². The summed E-state index contributed by atoms with van der Waals surface area (Å²) in [6, 6.07) is 31.6. The molecule has 0 spiro atoms. The van der Waals surface area contributed by atoms with Crippen LogP contribution < -0.4 is 0 Å². The van der Waals surface area contributed by atoms with Crippen LogP contribution in [-0.2, 0) is 0 Å². The summed E-state index contributed by atoms with van der Waals surface area (Å²) in [5, 5.41) is 7.53. The fraction of sp³-hybridized carbons (Fsp3) is 0.167. The van der Waals surface area contributed by atoms with Crippen molar-refractivity contribution < 1.29 is 4.42 Å². The molecule has 0 aliphatic heterocycles. The molecule has 0 aliphatic carbocycles. The first-order valence-corrected chi connectivity index (χ1v) is 15.5. The third-order valence-electron chi connectivity index (χ3n) is 9.45. The van der Waals surface area contributed by atoms with Gasteiger partial charge in [-0.1, -0.05) is 77.9 Å². The van der Waals surface area contributed by atoms with Crippen LogP contribution in [0.3, 0.4) is 0 Å². The summed E-state index contributed by atoms with van der Waals surface area (Å²) >= 11 is 0. The minimum atomic E-state index is 0.664. The molecule has 0 unspecified atom stereocenters. The number of rotatable bonds is 3. The molecule has 0 bridgehead atoms. The van der Waals surface area contributed by atoms with Crippen molar-refractivity contribution in [2.24, 2.45) is 0 Å². The fourth-order valence-corrected chi connectivity index (χ4v) is 7.86. The van der Waals surface area contributed by atoms with Gasteiger partial charge in [-0.3, -0.25) is 0 Å². The minimum absolute atomic E-state index is 0.664. The average Bonchev–Trinajstić information content (AvgIpc) is 3.39.